The average molecular weight is 555 g/mol. The van der Waals surface area contributed by atoms with E-state index in [0.717, 1.165) is 11.8 Å². The molecule has 7 N–H and O–H groups in total. The smallest absolute Gasteiger partial charge is 0.404 e. The molecular weight excluding hydrogens is 524 g/mol. The van der Waals surface area contributed by atoms with Crippen LogP contribution in [-0.2, 0) is 28.7 Å². The van der Waals surface area contributed by atoms with E-state index in [-0.39, 0.29) is 76.7 Å². The number of hydrogen-bond donors (Lipinski definition) is 6. The Labute approximate surface area is 222 Å². The SMILES string of the molecule is CO[C@@]12[C@H](COC(N)=O)C3=C(C(=O)C(C)=C(NCCSC(=O)CNC(=O)[C@H](N)CS)C3=O)N1C[C@@H]1N[C@@H]12. The van der Waals surface area contributed by atoms with E-state index >= 15 is 0 Å². The van der Waals surface area contributed by atoms with Crippen LogP contribution in [0.15, 0.2) is 22.5 Å². The number of thiol groups is 1. The quantitative estimate of drug-likeness (QED) is 0.0685. The predicted octanol–water partition coefficient (Wildman–Crippen LogP) is -2.39. The standard InChI is InChI=1S/C22H30N6O7S2/c1-9-15(25-3-4-37-13(29)5-26-20(32)11(23)8-36)18(31)14-10(7-35-21(24)33)22(34-2)19-12(27-19)6-28(22)16(14)17(9)30/h10-12,19,25,27,36H,3-8,23H2,1-2H3,(H2,24,33)(H,26,32)/t10-,11-,12+,19+,22-/m1/s1. The number of carbonyl (C=O) groups is 5. The number of ketones is 2. The molecule has 13 nitrogen and oxygen atoms in total. The second-order valence-electron chi connectivity index (χ2n) is 9.07. The number of fused-ring (bicyclic) bond motifs is 4. The molecule has 5 atom stereocenters. The molecule has 0 spiro atoms. The number of rotatable bonds is 11. The summed E-state index contributed by atoms with van der Waals surface area (Å²) in [6.45, 7) is 1.85. The van der Waals surface area contributed by atoms with E-state index in [2.05, 4.69) is 28.6 Å². The molecule has 0 bridgehead atoms. The van der Waals surface area contributed by atoms with Gasteiger partial charge in [-0.1, -0.05) is 11.8 Å². The summed E-state index contributed by atoms with van der Waals surface area (Å²) < 4.78 is 11.0. The van der Waals surface area contributed by atoms with Crippen LogP contribution in [0.1, 0.15) is 6.92 Å². The Morgan fingerprint density at radius 3 is 2.70 bits per heavy atom. The van der Waals surface area contributed by atoms with Gasteiger partial charge in [-0.2, -0.15) is 12.6 Å². The highest BCUT2D eigenvalue weighted by Crippen LogP contribution is 2.55. The fourth-order valence-electron chi connectivity index (χ4n) is 5.27. The highest BCUT2D eigenvalue weighted by Gasteiger charge is 2.72. The number of amides is 2. The maximum Gasteiger partial charge on any atom is 0.404 e. The molecule has 202 valence electrons. The van der Waals surface area contributed by atoms with Crippen molar-refractivity contribution in [3.8, 4) is 0 Å². The zero-order valence-corrected chi connectivity index (χ0v) is 22.1. The number of nitrogens with zero attached hydrogens (tertiary/aromatic N) is 1. The maximum absolute atomic E-state index is 13.7. The minimum absolute atomic E-state index is 0.102. The Hall–Kier alpha value is -2.59. The third-order valence-corrected chi connectivity index (χ3v) is 8.30. The van der Waals surface area contributed by atoms with Crippen molar-refractivity contribution in [2.75, 3.05) is 44.9 Å². The normalized spacial score (nSPS) is 28.5. The molecule has 0 aromatic rings. The molecule has 4 rings (SSSR count). The lowest BCUT2D eigenvalue weighted by molar-refractivity contribution is -0.137. The number of primary amides is 1. The first-order valence-corrected chi connectivity index (χ1v) is 13.3. The molecule has 3 heterocycles. The van der Waals surface area contributed by atoms with Crippen LogP contribution in [0.3, 0.4) is 0 Å². The van der Waals surface area contributed by atoms with E-state index in [9.17, 15) is 24.0 Å². The lowest BCUT2D eigenvalue weighted by atomic mass is 9.82. The fraction of sp³-hybridized carbons (Fsp3) is 0.591. The topological polar surface area (TPSA) is 205 Å². The third kappa shape index (κ3) is 4.74. The van der Waals surface area contributed by atoms with Crippen LogP contribution in [0.5, 0.6) is 0 Å². The molecule has 0 radical (unpaired) electrons. The number of piperazine rings is 1. The summed E-state index contributed by atoms with van der Waals surface area (Å²) in [6.07, 6.45) is -0.990. The van der Waals surface area contributed by atoms with Crippen LogP contribution in [0.2, 0.25) is 0 Å². The molecule has 37 heavy (non-hydrogen) atoms. The fourth-order valence-corrected chi connectivity index (χ4v) is 6.04. The Balaban J connectivity index is 1.43. The van der Waals surface area contributed by atoms with Gasteiger partial charge < -0.3 is 41.8 Å². The van der Waals surface area contributed by atoms with Crippen LogP contribution in [0, 0.1) is 5.92 Å². The molecule has 0 saturated carbocycles. The van der Waals surface area contributed by atoms with Crippen LogP contribution < -0.4 is 27.4 Å². The number of carbonyl (C=O) groups excluding carboxylic acids is 5. The summed E-state index contributed by atoms with van der Waals surface area (Å²) in [5, 5.41) is 8.46. The molecule has 0 aromatic carbocycles. The molecule has 0 unspecified atom stereocenters. The number of methoxy groups -OCH3 is 1. The van der Waals surface area contributed by atoms with Gasteiger partial charge in [0.05, 0.1) is 35.9 Å². The lowest BCUT2D eigenvalue weighted by Crippen LogP contribution is -2.55. The lowest BCUT2D eigenvalue weighted by Gasteiger charge is -2.39. The number of ether oxygens (including phenoxy) is 2. The van der Waals surface area contributed by atoms with E-state index < -0.39 is 35.5 Å². The molecule has 0 aromatic heterocycles. The number of hydrogen-bond acceptors (Lipinski definition) is 13. The van der Waals surface area contributed by atoms with Crippen LogP contribution in [-0.4, -0.2) is 102 Å². The monoisotopic (exact) mass is 554 g/mol. The van der Waals surface area contributed by atoms with Gasteiger partial charge in [0, 0.05) is 48.9 Å². The van der Waals surface area contributed by atoms with Gasteiger partial charge in [0.1, 0.15) is 6.61 Å². The highest BCUT2D eigenvalue weighted by atomic mass is 32.2. The summed E-state index contributed by atoms with van der Waals surface area (Å²) >= 11 is 4.91. The van der Waals surface area contributed by atoms with Gasteiger partial charge in [0.15, 0.2) is 5.72 Å². The maximum atomic E-state index is 13.7. The van der Waals surface area contributed by atoms with Gasteiger partial charge in [-0.15, -0.1) is 0 Å². The van der Waals surface area contributed by atoms with Gasteiger partial charge in [-0.25, -0.2) is 4.79 Å². The molecule has 2 amide bonds. The summed E-state index contributed by atoms with van der Waals surface area (Å²) in [5.41, 5.74) is 10.6. The summed E-state index contributed by atoms with van der Waals surface area (Å²) in [5.74, 6) is -1.45. The predicted molar refractivity (Wildman–Crippen MR) is 136 cm³/mol. The number of nitrogens with two attached hydrogens (primary N) is 2. The number of allylic oxidation sites excluding steroid dienone is 2. The van der Waals surface area contributed by atoms with Crippen molar-refractivity contribution < 1.29 is 33.4 Å². The molecular formula is C22H30N6O7S2. The van der Waals surface area contributed by atoms with E-state index in [4.69, 9.17) is 20.9 Å². The van der Waals surface area contributed by atoms with E-state index in [1.54, 1.807) is 6.92 Å². The second-order valence-corrected chi connectivity index (χ2v) is 10.6. The van der Waals surface area contributed by atoms with Gasteiger partial charge in [0.25, 0.3) is 0 Å². The van der Waals surface area contributed by atoms with Crippen molar-refractivity contribution in [2.24, 2.45) is 17.4 Å². The highest BCUT2D eigenvalue weighted by molar-refractivity contribution is 8.13. The number of thioether (sulfide) groups is 1. The molecule has 1 aliphatic carbocycles. The number of nitrogens with one attached hydrogen (secondary N) is 3. The second kappa shape index (κ2) is 10.6. The van der Waals surface area contributed by atoms with Crippen LogP contribution in [0.25, 0.3) is 0 Å². The van der Waals surface area contributed by atoms with Gasteiger partial charge in [-0.05, 0) is 6.92 Å². The van der Waals surface area contributed by atoms with Crippen molar-refractivity contribution >= 4 is 53.1 Å². The molecule has 2 saturated heterocycles. The minimum Gasteiger partial charge on any atom is -0.449 e. The molecule has 4 aliphatic rings. The first-order chi connectivity index (χ1) is 17.6. The van der Waals surface area contributed by atoms with Crippen molar-refractivity contribution in [2.45, 2.75) is 30.8 Å². The molecule has 2 fully saturated rings. The largest absolute Gasteiger partial charge is 0.449 e. The van der Waals surface area contributed by atoms with E-state index in [1.807, 2.05) is 4.90 Å². The Kier molecular flexibility index (Phi) is 7.90. The summed E-state index contributed by atoms with van der Waals surface area (Å²) in [6, 6.07) is -0.828. The first-order valence-electron chi connectivity index (χ1n) is 11.7. The Bertz CT molecular complexity index is 1110. The van der Waals surface area contributed by atoms with Crippen molar-refractivity contribution in [3.63, 3.8) is 0 Å². The average Bonchev–Trinajstić information content (AvgIpc) is 3.49. The third-order valence-electron chi connectivity index (χ3n) is 7.04. The van der Waals surface area contributed by atoms with E-state index in [0.29, 0.717) is 6.54 Å². The van der Waals surface area contributed by atoms with Gasteiger partial charge >= 0.3 is 6.09 Å². The van der Waals surface area contributed by atoms with Gasteiger partial charge in [0.2, 0.25) is 22.6 Å². The zero-order chi connectivity index (χ0) is 27.1. The minimum atomic E-state index is -1.05. The molecule has 15 heteroatoms. The van der Waals surface area contributed by atoms with E-state index in [1.165, 1.54) is 7.11 Å². The van der Waals surface area contributed by atoms with Crippen LogP contribution >= 0.6 is 24.4 Å². The first kappa shape index (κ1) is 27.4. The molecule has 3 aliphatic heterocycles. The Morgan fingerprint density at radius 2 is 2.05 bits per heavy atom. The Morgan fingerprint density at radius 1 is 1.32 bits per heavy atom. The van der Waals surface area contributed by atoms with Crippen molar-refractivity contribution in [1.82, 2.24) is 20.9 Å². The van der Waals surface area contributed by atoms with Crippen molar-refractivity contribution in [3.05, 3.63) is 22.5 Å². The zero-order valence-electron chi connectivity index (χ0n) is 20.4. The summed E-state index contributed by atoms with van der Waals surface area (Å²) in [4.78, 5) is 64.1. The summed E-state index contributed by atoms with van der Waals surface area (Å²) in [7, 11) is 1.50. The van der Waals surface area contributed by atoms with Gasteiger partial charge in [-0.3, -0.25) is 19.2 Å². The number of Topliss-reactive ketones (excluding diaryl/α,β-unsaturated/α-hetero) is 2. The van der Waals surface area contributed by atoms with Crippen molar-refractivity contribution in [1.29, 1.82) is 0 Å². The van der Waals surface area contributed by atoms with Crippen LogP contribution in [0.4, 0.5) is 4.79 Å².